The molecule has 1 saturated heterocycles. The van der Waals surface area contributed by atoms with E-state index < -0.39 is 0 Å². The molecule has 96 valence electrons. The van der Waals surface area contributed by atoms with Gasteiger partial charge in [0.2, 0.25) is 0 Å². The van der Waals surface area contributed by atoms with Crippen LogP contribution in [0.3, 0.4) is 0 Å². The van der Waals surface area contributed by atoms with Gasteiger partial charge in [-0.2, -0.15) is 0 Å². The highest BCUT2D eigenvalue weighted by atomic mass is 16.5. The molecule has 3 nitrogen and oxygen atoms in total. The van der Waals surface area contributed by atoms with Crippen LogP contribution in [0, 0.1) is 11.8 Å². The van der Waals surface area contributed by atoms with Crippen molar-refractivity contribution in [1.82, 2.24) is 10.6 Å². The normalized spacial score (nSPS) is 21.6. The van der Waals surface area contributed by atoms with Crippen molar-refractivity contribution < 1.29 is 4.74 Å². The van der Waals surface area contributed by atoms with Crippen LogP contribution >= 0.6 is 0 Å². The van der Waals surface area contributed by atoms with E-state index in [1.807, 2.05) is 0 Å². The van der Waals surface area contributed by atoms with E-state index in [4.69, 9.17) is 4.74 Å². The van der Waals surface area contributed by atoms with Crippen molar-refractivity contribution in [2.24, 2.45) is 11.8 Å². The Morgan fingerprint density at radius 1 is 1.25 bits per heavy atom. The topological polar surface area (TPSA) is 33.3 Å². The van der Waals surface area contributed by atoms with Crippen molar-refractivity contribution >= 4 is 0 Å². The van der Waals surface area contributed by atoms with Gasteiger partial charge in [0.1, 0.15) is 0 Å². The average Bonchev–Trinajstić information content (AvgIpc) is 2.29. The molecule has 1 unspecified atom stereocenters. The third-order valence-electron chi connectivity index (χ3n) is 2.95. The van der Waals surface area contributed by atoms with Gasteiger partial charge in [0.05, 0.1) is 6.61 Å². The minimum absolute atomic E-state index is 0.748. The second kappa shape index (κ2) is 8.97. The molecule has 0 spiro atoms. The van der Waals surface area contributed by atoms with E-state index in [1.54, 1.807) is 0 Å². The first-order valence-corrected chi connectivity index (χ1v) is 6.78. The number of nitrogens with one attached hydrogen (secondary N) is 2. The number of ether oxygens (including phenoxy) is 1. The van der Waals surface area contributed by atoms with Crippen molar-refractivity contribution in [1.29, 1.82) is 0 Å². The van der Waals surface area contributed by atoms with Gasteiger partial charge >= 0.3 is 0 Å². The van der Waals surface area contributed by atoms with E-state index in [9.17, 15) is 0 Å². The van der Waals surface area contributed by atoms with Gasteiger partial charge < -0.3 is 15.4 Å². The molecule has 0 aromatic carbocycles. The van der Waals surface area contributed by atoms with Crippen LogP contribution in [-0.4, -0.2) is 39.4 Å². The Morgan fingerprint density at radius 3 is 2.75 bits per heavy atom. The number of hydrogen-bond acceptors (Lipinski definition) is 3. The van der Waals surface area contributed by atoms with Crippen LogP contribution in [0.4, 0.5) is 0 Å². The van der Waals surface area contributed by atoms with Crippen LogP contribution in [0.25, 0.3) is 0 Å². The summed E-state index contributed by atoms with van der Waals surface area (Å²) in [5.74, 6) is 1.50. The van der Waals surface area contributed by atoms with Gasteiger partial charge in [0, 0.05) is 13.2 Å². The smallest absolute Gasteiger partial charge is 0.0506 e. The third-order valence-corrected chi connectivity index (χ3v) is 2.95. The fourth-order valence-corrected chi connectivity index (χ4v) is 2.00. The van der Waals surface area contributed by atoms with E-state index >= 15 is 0 Å². The lowest BCUT2D eigenvalue weighted by atomic mass is 10.0. The molecule has 0 aromatic rings. The summed E-state index contributed by atoms with van der Waals surface area (Å²) in [6.07, 6.45) is 3.79. The monoisotopic (exact) mass is 228 g/mol. The third kappa shape index (κ3) is 7.20. The van der Waals surface area contributed by atoms with Gasteiger partial charge in [-0.3, -0.25) is 0 Å². The lowest BCUT2D eigenvalue weighted by molar-refractivity contribution is 0.0549. The fourth-order valence-electron chi connectivity index (χ4n) is 2.00. The summed E-state index contributed by atoms with van der Waals surface area (Å²) in [5, 5.41) is 6.98. The Balaban J connectivity index is 1.80. The van der Waals surface area contributed by atoms with E-state index in [-0.39, 0.29) is 0 Å². The zero-order chi connectivity index (χ0) is 11.6. The molecule has 0 radical (unpaired) electrons. The summed E-state index contributed by atoms with van der Waals surface area (Å²) in [6, 6.07) is 0. The van der Waals surface area contributed by atoms with Crippen molar-refractivity contribution in [3.05, 3.63) is 0 Å². The first kappa shape index (κ1) is 13.9. The summed E-state index contributed by atoms with van der Waals surface area (Å²) in [6.45, 7) is 10.9. The molecule has 1 atom stereocenters. The van der Waals surface area contributed by atoms with Gasteiger partial charge in [-0.25, -0.2) is 0 Å². The molecule has 0 aliphatic carbocycles. The standard InChI is InChI=1S/C13H28N2O/c1-12(2)9-14-6-4-7-15-10-13-5-3-8-16-11-13/h12-15H,3-11H2,1-2H3. The fraction of sp³-hybridized carbons (Fsp3) is 1.00. The van der Waals surface area contributed by atoms with Gasteiger partial charge in [-0.05, 0) is 50.7 Å². The average molecular weight is 228 g/mol. The predicted octanol–water partition coefficient (Wildman–Crippen LogP) is 1.64. The highest BCUT2D eigenvalue weighted by Gasteiger charge is 2.12. The molecule has 0 saturated carbocycles. The molecule has 0 aromatic heterocycles. The first-order valence-electron chi connectivity index (χ1n) is 6.78. The minimum Gasteiger partial charge on any atom is -0.381 e. The van der Waals surface area contributed by atoms with Crippen LogP contribution in [0.5, 0.6) is 0 Å². The summed E-state index contributed by atoms with van der Waals surface area (Å²) >= 11 is 0. The summed E-state index contributed by atoms with van der Waals surface area (Å²) in [7, 11) is 0. The SMILES string of the molecule is CC(C)CNCCCNCC1CCCOC1. The second-order valence-electron chi connectivity index (χ2n) is 5.24. The molecular formula is C13H28N2O. The van der Waals surface area contributed by atoms with Gasteiger partial charge in [-0.15, -0.1) is 0 Å². The van der Waals surface area contributed by atoms with Gasteiger partial charge in [0.25, 0.3) is 0 Å². The molecule has 1 fully saturated rings. The molecule has 2 N–H and O–H groups in total. The second-order valence-corrected chi connectivity index (χ2v) is 5.24. The zero-order valence-corrected chi connectivity index (χ0v) is 10.9. The number of rotatable bonds is 8. The summed E-state index contributed by atoms with van der Waals surface area (Å²) in [5.41, 5.74) is 0. The Morgan fingerprint density at radius 2 is 2.06 bits per heavy atom. The molecule has 0 bridgehead atoms. The molecular weight excluding hydrogens is 200 g/mol. The summed E-state index contributed by atoms with van der Waals surface area (Å²) in [4.78, 5) is 0. The van der Waals surface area contributed by atoms with Gasteiger partial charge in [-0.1, -0.05) is 13.8 Å². The van der Waals surface area contributed by atoms with Crippen LogP contribution in [0.1, 0.15) is 33.1 Å². The van der Waals surface area contributed by atoms with E-state index in [0.717, 1.165) is 51.2 Å². The highest BCUT2D eigenvalue weighted by Crippen LogP contribution is 2.11. The maximum atomic E-state index is 5.45. The van der Waals surface area contributed by atoms with E-state index in [0.29, 0.717) is 0 Å². The molecule has 1 aliphatic heterocycles. The zero-order valence-electron chi connectivity index (χ0n) is 10.9. The van der Waals surface area contributed by atoms with Crippen molar-refractivity contribution in [3.8, 4) is 0 Å². The quantitative estimate of drug-likeness (QED) is 0.620. The largest absolute Gasteiger partial charge is 0.381 e. The molecule has 0 amide bonds. The lowest BCUT2D eigenvalue weighted by Crippen LogP contribution is -2.31. The maximum Gasteiger partial charge on any atom is 0.0506 e. The maximum absolute atomic E-state index is 5.45. The van der Waals surface area contributed by atoms with Crippen molar-refractivity contribution in [2.75, 3.05) is 39.4 Å². The Kier molecular flexibility index (Phi) is 7.81. The van der Waals surface area contributed by atoms with Crippen molar-refractivity contribution in [3.63, 3.8) is 0 Å². The molecule has 3 heteroatoms. The van der Waals surface area contributed by atoms with Crippen molar-refractivity contribution in [2.45, 2.75) is 33.1 Å². The van der Waals surface area contributed by atoms with Crippen LogP contribution in [-0.2, 0) is 4.74 Å². The minimum atomic E-state index is 0.748. The molecule has 1 aliphatic rings. The Bertz CT molecular complexity index is 156. The van der Waals surface area contributed by atoms with Crippen LogP contribution in [0.2, 0.25) is 0 Å². The van der Waals surface area contributed by atoms with Gasteiger partial charge in [0.15, 0.2) is 0 Å². The molecule has 1 heterocycles. The Hall–Kier alpha value is -0.120. The summed E-state index contributed by atoms with van der Waals surface area (Å²) < 4.78 is 5.45. The lowest BCUT2D eigenvalue weighted by Gasteiger charge is -2.22. The number of hydrogen-bond donors (Lipinski definition) is 2. The van der Waals surface area contributed by atoms with E-state index in [1.165, 1.54) is 19.3 Å². The first-order chi connectivity index (χ1) is 7.79. The molecule has 16 heavy (non-hydrogen) atoms. The van der Waals surface area contributed by atoms with E-state index in [2.05, 4.69) is 24.5 Å². The Labute approximate surface area is 100 Å². The predicted molar refractivity (Wildman–Crippen MR) is 68.7 cm³/mol. The van der Waals surface area contributed by atoms with Crippen LogP contribution < -0.4 is 10.6 Å². The van der Waals surface area contributed by atoms with Crippen LogP contribution in [0.15, 0.2) is 0 Å². The highest BCUT2D eigenvalue weighted by molar-refractivity contribution is 4.65. The molecule has 1 rings (SSSR count).